The van der Waals surface area contributed by atoms with E-state index in [0.717, 1.165) is 25.2 Å². The summed E-state index contributed by atoms with van der Waals surface area (Å²) in [4.78, 5) is 12.2. The second-order valence-corrected chi connectivity index (χ2v) is 6.28. The van der Waals surface area contributed by atoms with E-state index in [0.29, 0.717) is 5.75 Å². The van der Waals surface area contributed by atoms with Crippen LogP contribution in [0.4, 0.5) is 0 Å². The Kier molecular flexibility index (Phi) is 6.28. The summed E-state index contributed by atoms with van der Waals surface area (Å²) in [7, 11) is 0. The summed E-state index contributed by atoms with van der Waals surface area (Å²) in [6.45, 7) is 4.37. The Morgan fingerprint density at radius 2 is 1.76 bits per heavy atom. The summed E-state index contributed by atoms with van der Waals surface area (Å²) < 4.78 is 5.53. The lowest BCUT2D eigenvalue weighted by molar-refractivity contribution is -0.140. The molecule has 0 atom stereocenters. The molecule has 116 valence electrons. The zero-order valence-electron chi connectivity index (χ0n) is 13.4. The first-order chi connectivity index (χ1) is 10.2. The molecule has 0 aromatic heterocycles. The number of benzene rings is 1. The molecule has 0 saturated heterocycles. The molecular weight excluding hydrogens is 260 g/mol. The van der Waals surface area contributed by atoms with E-state index in [1.807, 2.05) is 24.3 Å². The van der Waals surface area contributed by atoms with Crippen molar-refractivity contribution in [3.8, 4) is 5.75 Å². The van der Waals surface area contributed by atoms with Crippen LogP contribution in [0.25, 0.3) is 0 Å². The molecule has 2 rings (SSSR count). The molecule has 2 nitrogen and oxygen atoms in total. The molecule has 1 aliphatic rings. The first-order valence-electron chi connectivity index (χ1n) is 8.53. The van der Waals surface area contributed by atoms with Gasteiger partial charge in [-0.25, -0.2) is 0 Å². The standard InChI is InChI=1S/C19H28O2/c1-3-5-6-16-7-11-17(12-8-16)19(20)21-18-13-9-15(4-2)10-14-18/h9-10,13-14,16-17H,3-8,11-12H2,1-2H3. The molecule has 0 unspecified atom stereocenters. The minimum Gasteiger partial charge on any atom is -0.426 e. The molecule has 0 aliphatic heterocycles. The molecular formula is C19H28O2. The molecule has 1 saturated carbocycles. The lowest BCUT2D eigenvalue weighted by atomic mass is 9.80. The Labute approximate surface area is 128 Å². The van der Waals surface area contributed by atoms with Crippen LogP contribution >= 0.6 is 0 Å². The number of hydrogen-bond donors (Lipinski definition) is 0. The van der Waals surface area contributed by atoms with E-state index in [1.54, 1.807) is 0 Å². The van der Waals surface area contributed by atoms with Crippen LogP contribution in [-0.2, 0) is 11.2 Å². The van der Waals surface area contributed by atoms with Gasteiger partial charge in [-0.1, -0.05) is 45.2 Å². The normalized spacial score (nSPS) is 22.0. The van der Waals surface area contributed by atoms with E-state index in [2.05, 4.69) is 13.8 Å². The van der Waals surface area contributed by atoms with Crippen molar-refractivity contribution in [2.75, 3.05) is 0 Å². The zero-order chi connectivity index (χ0) is 15.1. The van der Waals surface area contributed by atoms with Crippen molar-refractivity contribution in [1.29, 1.82) is 0 Å². The maximum absolute atomic E-state index is 12.2. The molecule has 0 heterocycles. The second-order valence-electron chi connectivity index (χ2n) is 6.28. The average molecular weight is 288 g/mol. The Balaban J connectivity index is 1.78. The van der Waals surface area contributed by atoms with Crippen LogP contribution in [-0.4, -0.2) is 5.97 Å². The van der Waals surface area contributed by atoms with Gasteiger partial charge in [-0.2, -0.15) is 0 Å². The van der Waals surface area contributed by atoms with Gasteiger partial charge >= 0.3 is 5.97 Å². The molecule has 0 bridgehead atoms. The van der Waals surface area contributed by atoms with Crippen LogP contribution in [0.2, 0.25) is 0 Å². The monoisotopic (exact) mass is 288 g/mol. The number of aryl methyl sites for hydroxylation is 1. The summed E-state index contributed by atoms with van der Waals surface area (Å²) in [5.74, 6) is 1.59. The van der Waals surface area contributed by atoms with E-state index in [-0.39, 0.29) is 11.9 Å². The Hall–Kier alpha value is -1.31. The van der Waals surface area contributed by atoms with Gasteiger partial charge in [-0.3, -0.25) is 4.79 Å². The van der Waals surface area contributed by atoms with Crippen LogP contribution in [0.3, 0.4) is 0 Å². The fourth-order valence-corrected chi connectivity index (χ4v) is 3.17. The number of rotatable bonds is 6. The SMILES string of the molecule is CCCCC1CCC(C(=O)Oc2ccc(CC)cc2)CC1. The van der Waals surface area contributed by atoms with Crippen molar-refractivity contribution in [1.82, 2.24) is 0 Å². The highest BCUT2D eigenvalue weighted by molar-refractivity contribution is 5.75. The van der Waals surface area contributed by atoms with Gasteiger partial charge in [-0.15, -0.1) is 0 Å². The minimum atomic E-state index is -0.0341. The molecule has 1 aromatic carbocycles. The van der Waals surface area contributed by atoms with Crippen molar-refractivity contribution < 1.29 is 9.53 Å². The molecule has 0 spiro atoms. The number of ether oxygens (including phenoxy) is 1. The van der Waals surface area contributed by atoms with E-state index in [4.69, 9.17) is 4.74 Å². The fraction of sp³-hybridized carbons (Fsp3) is 0.632. The molecule has 1 fully saturated rings. The molecule has 21 heavy (non-hydrogen) atoms. The number of esters is 1. The smallest absolute Gasteiger partial charge is 0.314 e. The predicted octanol–water partition coefficient (Wildman–Crippen LogP) is 5.15. The largest absolute Gasteiger partial charge is 0.426 e. The molecule has 0 amide bonds. The van der Waals surface area contributed by atoms with Crippen LogP contribution in [0.1, 0.15) is 64.4 Å². The van der Waals surface area contributed by atoms with Crippen molar-refractivity contribution in [3.05, 3.63) is 29.8 Å². The lowest BCUT2D eigenvalue weighted by Crippen LogP contribution is -2.25. The van der Waals surface area contributed by atoms with Gasteiger partial charge in [0.15, 0.2) is 0 Å². The summed E-state index contributed by atoms with van der Waals surface area (Å²) >= 11 is 0. The third kappa shape index (κ3) is 4.87. The first-order valence-corrected chi connectivity index (χ1v) is 8.53. The first kappa shape index (κ1) is 16.1. The zero-order valence-corrected chi connectivity index (χ0v) is 13.4. The summed E-state index contributed by atoms with van der Waals surface area (Å²) in [6, 6.07) is 7.88. The molecule has 0 N–H and O–H groups in total. The Morgan fingerprint density at radius 3 is 2.33 bits per heavy atom. The maximum Gasteiger partial charge on any atom is 0.314 e. The number of unbranched alkanes of at least 4 members (excludes halogenated alkanes) is 1. The van der Waals surface area contributed by atoms with Crippen molar-refractivity contribution in [3.63, 3.8) is 0 Å². The van der Waals surface area contributed by atoms with E-state index in [9.17, 15) is 4.79 Å². The third-order valence-corrected chi connectivity index (χ3v) is 4.70. The Morgan fingerprint density at radius 1 is 1.10 bits per heavy atom. The lowest BCUT2D eigenvalue weighted by Gasteiger charge is -2.27. The van der Waals surface area contributed by atoms with E-state index < -0.39 is 0 Å². The topological polar surface area (TPSA) is 26.3 Å². The molecule has 1 aliphatic carbocycles. The Bertz CT molecular complexity index is 427. The highest BCUT2D eigenvalue weighted by atomic mass is 16.5. The third-order valence-electron chi connectivity index (χ3n) is 4.70. The van der Waals surface area contributed by atoms with Gasteiger partial charge in [0.1, 0.15) is 5.75 Å². The summed E-state index contributed by atoms with van der Waals surface area (Å²) in [5, 5.41) is 0. The van der Waals surface area contributed by atoms with Gasteiger partial charge in [0, 0.05) is 0 Å². The highest BCUT2D eigenvalue weighted by Crippen LogP contribution is 2.32. The highest BCUT2D eigenvalue weighted by Gasteiger charge is 2.27. The quantitative estimate of drug-likeness (QED) is 0.534. The maximum atomic E-state index is 12.2. The average Bonchev–Trinajstić information content (AvgIpc) is 2.54. The molecule has 2 heteroatoms. The number of carbonyl (C=O) groups excluding carboxylic acids is 1. The van der Waals surface area contributed by atoms with Crippen LogP contribution in [0, 0.1) is 11.8 Å². The van der Waals surface area contributed by atoms with Gasteiger partial charge in [0.2, 0.25) is 0 Å². The van der Waals surface area contributed by atoms with E-state index >= 15 is 0 Å². The van der Waals surface area contributed by atoms with Gasteiger partial charge in [0.25, 0.3) is 0 Å². The van der Waals surface area contributed by atoms with Gasteiger partial charge in [0.05, 0.1) is 5.92 Å². The van der Waals surface area contributed by atoms with Crippen molar-refractivity contribution in [2.24, 2.45) is 11.8 Å². The number of hydrogen-bond acceptors (Lipinski definition) is 2. The minimum absolute atomic E-state index is 0.0341. The second kappa shape index (κ2) is 8.21. The van der Waals surface area contributed by atoms with Crippen LogP contribution in [0.5, 0.6) is 5.75 Å². The molecule has 1 aromatic rings. The van der Waals surface area contributed by atoms with Gasteiger partial charge in [-0.05, 0) is 55.7 Å². The van der Waals surface area contributed by atoms with Crippen molar-refractivity contribution >= 4 is 5.97 Å². The van der Waals surface area contributed by atoms with Crippen LogP contribution < -0.4 is 4.74 Å². The van der Waals surface area contributed by atoms with Crippen molar-refractivity contribution in [2.45, 2.75) is 65.2 Å². The van der Waals surface area contributed by atoms with E-state index in [1.165, 1.54) is 37.7 Å². The molecule has 0 radical (unpaired) electrons. The predicted molar refractivity (Wildman–Crippen MR) is 86.4 cm³/mol. The summed E-state index contributed by atoms with van der Waals surface area (Å²) in [6.07, 6.45) is 9.32. The van der Waals surface area contributed by atoms with Gasteiger partial charge < -0.3 is 4.74 Å². The summed E-state index contributed by atoms with van der Waals surface area (Å²) in [5.41, 5.74) is 1.27. The van der Waals surface area contributed by atoms with Crippen LogP contribution in [0.15, 0.2) is 24.3 Å². The number of carbonyl (C=O) groups is 1. The fourth-order valence-electron chi connectivity index (χ4n) is 3.17.